The number of aliphatic imine (C=N–C) groups is 1. The average Bonchev–Trinajstić information content (AvgIpc) is 2.96. The van der Waals surface area contributed by atoms with Crippen molar-refractivity contribution in [3.8, 4) is 0 Å². The fourth-order valence-corrected chi connectivity index (χ4v) is 3.44. The normalized spacial score (nSPS) is 17.3. The van der Waals surface area contributed by atoms with Crippen LogP contribution in [-0.2, 0) is 0 Å². The molecule has 0 aromatic carbocycles. The van der Waals surface area contributed by atoms with Gasteiger partial charge < -0.3 is 5.32 Å². The summed E-state index contributed by atoms with van der Waals surface area (Å²) in [5, 5.41) is 3.45. The van der Waals surface area contributed by atoms with Crippen molar-refractivity contribution in [1.29, 1.82) is 0 Å². The van der Waals surface area contributed by atoms with Crippen LogP contribution in [0.3, 0.4) is 0 Å². The molecule has 23 heavy (non-hydrogen) atoms. The minimum Gasteiger partial charge on any atom is -0.370 e. The Labute approximate surface area is 145 Å². The molecule has 0 saturated carbocycles. The van der Waals surface area contributed by atoms with Crippen LogP contribution in [0.1, 0.15) is 117 Å². The molecule has 1 aliphatic rings. The van der Waals surface area contributed by atoms with Gasteiger partial charge in [0.1, 0.15) is 0 Å². The topological polar surface area (TPSA) is 24.4 Å². The van der Waals surface area contributed by atoms with E-state index in [4.69, 9.17) is 0 Å². The number of rotatable bonds is 16. The molecule has 2 heteroatoms. The van der Waals surface area contributed by atoms with E-state index in [-0.39, 0.29) is 0 Å². The van der Waals surface area contributed by atoms with Crippen molar-refractivity contribution in [1.82, 2.24) is 5.32 Å². The summed E-state index contributed by atoms with van der Waals surface area (Å²) < 4.78 is 0. The van der Waals surface area contributed by atoms with Gasteiger partial charge in [0.15, 0.2) is 0 Å². The van der Waals surface area contributed by atoms with Gasteiger partial charge in [-0.05, 0) is 13.3 Å². The SMILES string of the molecule is CCCCCCCCCCCCCCCCCC1=NCC(C)N1. The number of hydrogen-bond donors (Lipinski definition) is 1. The van der Waals surface area contributed by atoms with Crippen LogP contribution in [0.15, 0.2) is 4.99 Å². The van der Waals surface area contributed by atoms with E-state index in [1.54, 1.807) is 0 Å². The molecule has 0 amide bonds. The molecule has 0 saturated heterocycles. The molecule has 0 bridgehead atoms. The summed E-state index contributed by atoms with van der Waals surface area (Å²) in [6.45, 7) is 5.49. The lowest BCUT2D eigenvalue weighted by molar-refractivity contribution is 0.533. The quantitative estimate of drug-likeness (QED) is 0.316. The highest BCUT2D eigenvalue weighted by Crippen LogP contribution is 2.14. The molecule has 0 spiro atoms. The summed E-state index contributed by atoms with van der Waals surface area (Å²) in [5.41, 5.74) is 0. The van der Waals surface area contributed by atoms with Gasteiger partial charge in [-0.25, -0.2) is 0 Å². The highest BCUT2D eigenvalue weighted by molar-refractivity contribution is 5.83. The lowest BCUT2D eigenvalue weighted by Crippen LogP contribution is -2.26. The second-order valence-corrected chi connectivity index (χ2v) is 7.53. The van der Waals surface area contributed by atoms with Gasteiger partial charge in [0.05, 0.1) is 12.4 Å². The minimum absolute atomic E-state index is 0.571. The molecule has 1 heterocycles. The van der Waals surface area contributed by atoms with Crippen molar-refractivity contribution >= 4 is 5.84 Å². The summed E-state index contributed by atoms with van der Waals surface area (Å²) in [6.07, 6.45) is 22.7. The van der Waals surface area contributed by atoms with Gasteiger partial charge in [-0.3, -0.25) is 4.99 Å². The molecule has 0 aliphatic carbocycles. The lowest BCUT2D eigenvalue weighted by atomic mass is 10.0. The molecule has 0 aromatic heterocycles. The van der Waals surface area contributed by atoms with Gasteiger partial charge in [0.25, 0.3) is 0 Å². The summed E-state index contributed by atoms with van der Waals surface area (Å²) in [7, 11) is 0. The Kier molecular flexibility index (Phi) is 13.4. The summed E-state index contributed by atoms with van der Waals surface area (Å²) >= 11 is 0. The van der Waals surface area contributed by atoms with Crippen LogP contribution in [0.5, 0.6) is 0 Å². The van der Waals surface area contributed by atoms with E-state index in [1.807, 2.05) is 0 Å². The molecule has 2 nitrogen and oxygen atoms in total. The van der Waals surface area contributed by atoms with Crippen LogP contribution in [0.2, 0.25) is 0 Å². The Balaban J connectivity index is 1.69. The van der Waals surface area contributed by atoms with Gasteiger partial charge in [0.2, 0.25) is 0 Å². The van der Waals surface area contributed by atoms with Crippen molar-refractivity contribution in [2.45, 2.75) is 123 Å². The second kappa shape index (κ2) is 15.0. The fourth-order valence-electron chi connectivity index (χ4n) is 3.44. The molecular weight excluding hydrogens is 280 g/mol. The molecule has 1 N–H and O–H groups in total. The third-order valence-corrected chi connectivity index (χ3v) is 4.99. The van der Waals surface area contributed by atoms with E-state index in [9.17, 15) is 0 Å². The molecule has 1 rings (SSSR count). The van der Waals surface area contributed by atoms with Crippen LogP contribution in [-0.4, -0.2) is 18.4 Å². The van der Waals surface area contributed by atoms with Gasteiger partial charge >= 0.3 is 0 Å². The maximum Gasteiger partial charge on any atom is 0.0966 e. The first-order valence-electron chi connectivity index (χ1n) is 10.6. The van der Waals surface area contributed by atoms with Crippen LogP contribution < -0.4 is 5.32 Å². The Bertz CT molecular complexity index is 286. The van der Waals surface area contributed by atoms with E-state index < -0.39 is 0 Å². The first kappa shape index (κ1) is 20.5. The van der Waals surface area contributed by atoms with Gasteiger partial charge in [-0.2, -0.15) is 0 Å². The Hall–Kier alpha value is -0.530. The summed E-state index contributed by atoms with van der Waals surface area (Å²) in [6, 6.07) is 0.571. The van der Waals surface area contributed by atoms with E-state index in [1.165, 1.54) is 109 Å². The predicted molar refractivity (Wildman–Crippen MR) is 104 cm³/mol. The molecular formula is C21H42N2. The molecule has 0 aromatic rings. The minimum atomic E-state index is 0.571. The number of hydrogen-bond acceptors (Lipinski definition) is 2. The maximum atomic E-state index is 4.53. The van der Waals surface area contributed by atoms with Crippen molar-refractivity contribution < 1.29 is 0 Å². The van der Waals surface area contributed by atoms with E-state index in [0.717, 1.165) is 6.54 Å². The van der Waals surface area contributed by atoms with Crippen LogP contribution >= 0.6 is 0 Å². The van der Waals surface area contributed by atoms with Gasteiger partial charge in [-0.1, -0.05) is 96.8 Å². The van der Waals surface area contributed by atoms with Crippen molar-refractivity contribution in [2.75, 3.05) is 6.54 Å². The summed E-state index contributed by atoms with van der Waals surface area (Å²) in [4.78, 5) is 4.53. The van der Waals surface area contributed by atoms with Gasteiger partial charge in [-0.15, -0.1) is 0 Å². The molecule has 0 radical (unpaired) electrons. The Morgan fingerprint density at radius 3 is 1.57 bits per heavy atom. The lowest BCUT2D eigenvalue weighted by Gasteiger charge is -2.06. The van der Waals surface area contributed by atoms with Crippen LogP contribution in [0.25, 0.3) is 0 Å². The predicted octanol–water partition coefficient (Wildman–Crippen LogP) is 6.64. The number of nitrogens with zero attached hydrogens (tertiary/aromatic N) is 1. The molecule has 0 fully saturated rings. The first-order valence-corrected chi connectivity index (χ1v) is 10.6. The zero-order valence-corrected chi connectivity index (χ0v) is 16.0. The third-order valence-electron chi connectivity index (χ3n) is 4.99. The first-order chi connectivity index (χ1) is 11.3. The Morgan fingerprint density at radius 2 is 1.17 bits per heavy atom. The monoisotopic (exact) mass is 322 g/mol. The van der Waals surface area contributed by atoms with E-state index >= 15 is 0 Å². The smallest absolute Gasteiger partial charge is 0.0966 e. The van der Waals surface area contributed by atoms with Crippen molar-refractivity contribution in [2.24, 2.45) is 4.99 Å². The average molecular weight is 323 g/mol. The fraction of sp³-hybridized carbons (Fsp3) is 0.952. The van der Waals surface area contributed by atoms with Crippen LogP contribution in [0.4, 0.5) is 0 Å². The Morgan fingerprint density at radius 1 is 0.739 bits per heavy atom. The molecule has 1 atom stereocenters. The van der Waals surface area contributed by atoms with Crippen molar-refractivity contribution in [3.63, 3.8) is 0 Å². The highest BCUT2D eigenvalue weighted by Gasteiger charge is 2.10. The van der Waals surface area contributed by atoms with Crippen LogP contribution in [0, 0.1) is 0 Å². The maximum absolute atomic E-state index is 4.53. The molecule has 1 unspecified atom stereocenters. The number of unbranched alkanes of at least 4 members (excludes halogenated alkanes) is 14. The summed E-state index contributed by atoms with van der Waals surface area (Å²) in [5.74, 6) is 1.26. The van der Waals surface area contributed by atoms with Crippen molar-refractivity contribution in [3.05, 3.63) is 0 Å². The second-order valence-electron chi connectivity index (χ2n) is 7.53. The van der Waals surface area contributed by atoms with E-state index in [0.29, 0.717) is 6.04 Å². The molecule has 136 valence electrons. The molecule has 1 aliphatic heterocycles. The number of amidine groups is 1. The number of nitrogens with one attached hydrogen (secondary N) is 1. The van der Waals surface area contributed by atoms with E-state index in [2.05, 4.69) is 24.2 Å². The largest absolute Gasteiger partial charge is 0.370 e. The third kappa shape index (κ3) is 12.5. The van der Waals surface area contributed by atoms with Gasteiger partial charge in [0, 0.05) is 12.5 Å². The standard InChI is InChI=1S/C21H42N2/c1-3-4-5-6-7-8-9-10-11-12-13-14-15-16-17-18-21-22-19-20(2)23-21/h20H,3-19H2,1-2H3,(H,22,23). The zero-order chi connectivity index (χ0) is 16.6. The highest BCUT2D eigenvalue weighted by atomic mass is 15.1. The zero-order valence-electron chi connectivity index (χ0n) is 16.0.